The summed E-state index contributed by atoms with van der Waals surface area (Å²) in [6.07, 6.45) is 24.7. The summed E-state index contributed by atoms with van der Waals surface area (Å²) < 4.78 is 0. The summed E-state index contributed by atoms with van der Waals surface area (Å²) in [4.78, 5) is 0. The summed E-state index contributed by atoms with van der Waals surface area (Å²) in [5, 5.41) is 0. The predicted molar refractivity (Wildman–Crippen MR) is 101 cm³/mol. The molecule has 0 aromatic heterocycles. The average molecular weight is 299 g/mol. The predicted octanol–water partition coefficient (Wildman–Crippen LogP) is 8.68. The monoisotopic (exact) mass is 298 g/mol. The highest BCUT2D eigenvalue weighted by Crippen LogP contribution is 2.13. The summed E-state index contributed by atoms with van der Waals surface area (Å²) in [6.45, 7) is 8.84. The van der Waals surface area contributed by atoms with Crippen molar-refractivity contribution in [3.63, 3.8) is 0 Å². The van der Waals surface area contributed by atoms with E-state index in [4.69, 9.17) is 0 Å². The summed E-state index contributed by atoms with van der Waals surface area (Å²) in [5.74, 6) is 0. The number of rotatable bonds is 15. The van der Waals surface area contributed by atoms with Gasteiger partial charge in [0.2, 0.25) is 0 Å². The summed E-state index contributed by atoms with van der Waals surface area (Å²) >= 11 is 0. The molecule has 0 rings (SSSR count). The Morgan fingerprint density at radius 2 is 0.429 bits per heavy atom. The third kappa shape index (κ3) is 28.8. The third-order valence-electron chi connectivity index (χ3n) is 3.96. The van der Waals surface area contributed by atoms with E-state index in [-0.39, 0.29) is 0 Å². The maximum absolute atomic E-state index is 2.29. The Balaban J connectivity index is 0. The van der Waals surface area contributed by atoms with Crippen molar-refractivity contribution >= 4 is 0 Å². The maximum atomic E-state index is 2.29. The van der Waals surface area contributed by atoms with Crippen LogP contribution < -0.4 is 0 Å². The Kier molecular flexibility index (Phi) is 27.7. The SMILES string of the molecule is CCC.CCCCCCCCCCCCCCCCCC. The zero-order valence-electron chi connectivity index (χ0n) is 16.0. The highest BCUT2D eigenvalue weighted by atomic mass is 14.0. The van der Waals surface area contributed by atoms with E-state index in [1.807, 2.05) is 0 Å². The van der Waals surface area contributed by atoms with E-state index in [9.17, 15) is 0 Å². The van der Waals surface area contributed by atoms with Gasteiger partial charge in [-0.3, -0.25) is 0 Å². The van der Waals surface area contributed by atoms with Crippen LogP contribution in [0.2, 0.25) is 0 Å². The van der Waals surface area contributed by atoms with Crippen molar-refractivity contribution in [1.82, 2.24) is 0 Å². The molecule has 0 heteroatoms. The van der Waals surface area contributed by atoms with Crippen LogP contribution in [-0.2, 0) is 0 Å². The molecule has 0 aromatic rings. The van der Waals surface area contributed by atoms with Crippen molar-refractivity contribution in [1.29, 1.82) is 0 Å². The van der Waals surface area contributed by atoms with E-state index in [1.165, 1.54) is 109 Å². The van der Waals surface area contributed by atoms with Crippen molar-refractivity contribution < 1.29 is 0 Å². The van der Waals surface area contributed by atoms with Gasteiger partial charge in [-0.2, -0.15) is 0 Å². The Bertz CT molecular complexity index is 123. The van der Waals surface area contributed by atoms with Gasteiger partial charge in [0, 0.05) is 0 Å². The topological polar surface area (TPSA) is 0 Å². The van der Waals surface area contributed by atoms with E-state index in [0.717, 1.165) is 0 Å². The molecule has 130 valence electrons. The average Bonchev–Trinajstić information content (AvgIpc) is 2.48. The molecule has 0 aromatic carbocycles. The van der Waals surface area contributed by atoms with E-state index in [2.05, 4.69) is 27.7 Å². The van der Waals surface area contributed by atoms with E-state index < -0.39 is 0 Å². The Morgan fingerprint density at radius 3 is 0.571 bits per heavy atom. The van der Waals surface area contributed by atoms with Gasteiger partial charge in [0.25, 0.3) is 0 Å². The van der Waals surface area contributed by atoms with Gasteiger partial charge in [0.1, 0.15) is 0 Å². The molecule has 0 fully saturated rings. The molecule has 0 N–H and O–H groups in total. The molecule has 0 saturated carbocycles. The van der Waals surface area contributed by atoms with Crippen molar-refractivity contribution in [2.75, 3.05) is 0 Å². The Morgan fingerprint density at radius 1 is 0.286 bits per heavy atom. The molecule has 0 heterocycles. The fraction of sp³-hybridized carbons (Fsp3) is 1.00. The van der Waals surface area contributed by atoms with Crippen LogP contribution in [0.4, 0.5) is 0 Å². The van der Waals surface area contributed by atoms with Crippen LogP contribution in [0.15, 0.2) is 0 Å². The minimum absolute atomic E-state index is 1.25. The lowest BCUT2D eigenvalue weighted by Gasteiger charge is -2.03. The van der Waals surface area contributed by atoms with E-state index in [0.29, 0.717) is 0 Å². The molecule has 0 amide bonds. The fourth-order valence-electron chi connectivity index (χ4n) is 2.62. The molecular formula is C21H46. The lowest BCUT2D eigenvalue weighted by atomic mass is 10.0. The molecule has 0 radical (unpaired) electrons. The molecular weight excluding hydrogens is 252 g/mol. The minimum Gasteiger partial charge on any atom is -0.0656 e. The Labute approximate surface area is 137 Å². The molecule has 0 saturated heterocycles. The first kappa shape index (κ1) is 23.3. The molecule has 0 nitrogen and oxygen atoms in total. The second kappa shape index (κ2) is 25.0. The highest BCUT2D eigenvalue weighted by molar-refractivity contribution is 4.49. The van der Waals surface area contributed by atoms with Gasteiger partial charge in [-0.15, -0.1) is 0 Å². The summed E-state index contributed by atoms with van der Waals surface area (Å²) in [7, 11) is 0. The van der Waals surface area contributed by atoms with Gasteiger partial charge in [0.15, 0.2) is 0 Å². The molecule has 21 heavy (non-hydrogen) atoms. The summed E-state index contributed by atoms with van der Waals surface area (Å²) in [6, 6.07) is 0. The van der Waals surface area contributed by atoms with Crippen molar-refractivity contribution in [2.24, 2.45) is 0 Å². The van der Waals surface area contributed by atoms with Crippen molar-refractivity contribution in [3.05, 3.63) is 0 Å². The first-order chi connectivity index (χ1) is 10.3. The number of unbranched alkanes of at least 4 members (excludes halogenated alkanes) is 15. The Hall–Kier alpha value is 0. The van der Waals surface area contributed by atoms with Gasteiger partial charge in [-0.05, 0) is 0 Å². The van der Waals surface area contributed by atoms with Crippen LogP contribution in [0, 0.1) is 0 Å². The standard InChI is InChI=1S/C18H38.C3H8/c1-3-5-7-9-11-13-15-17-18-16-14-12-10-8-6-4-2;1-3-2/h3-18H2,1-2H3;3H2,1-2H3. The van der Waals surface area contributed by atoms with Crippen LogP contribution in [-0.4, -0.2) is 0 Å². The zero-order valence-corrected chi connectivity index (χ0v) is 16.0. The highest BCUT2D eigenvalue weighted by Gasteiger charge is 1.93. The first-order valence-electron chi connectivity index (χ1n) is 10.3. The second-order valence-electron chi connectivity index (χ2n) is 6.66. The maximum Gasteiger partial charge on any atom is -0.0533 e. The van der Waals surface area contributed by atoms with E-state index >= 15 is 0 Å². The van der Waals surface area contributed by atoms with Gasteiger partial charge in [0.05, 0.1) is 0 Å². The van der Waals surface area contributed by atoms with Gasteiger partial charge >= 0.3 is 0 Å². The number of hydrogen-bond acceptors (Lipinski definition) is 0. The van der Waals surface area contributed by atoms with Crippen LogP contribution in [0.3, 0.4) is 0 Å². The van der Waals surface area contributed by atoms with Crippen LogP contribution in [0.25, 0.3) is 0 Å². The quantitative estimate of drug-likeness (QED) is 0.265. The third-order valence-corrected chi connectivity index (χ3v) is 3.96. The lowest BCUT2D eigenvalue weighted by Crippen LogP contribution is -1.83. The van der Waals surface area contributed by atoms with Gasteiger partial charge < -0.3 is 0 Å². The smallest absolute Gasteiger partial charge is 0.0533 e. The molecule has 0 atom stereocenters. The number of hydrogen-bond donors (Lipinski definition) is 0. The van der Waals surface area contributed by atoms with Gasteiger partial charge in [-0.1, -0.05) is 137 Å². The van der Waals surface area contributed by atoms with Crippen LogP contribution in [0.5, 0.6) is 0 Å². The van der Waals surface area contributed by atoms with Crippen LogP contribution in [0.1, 0.15) is 137 Å². The second-order valence-corrected chi connectivity index (χ2v) is 6.66. The molecule has 0 aliphatic heterocycles. The molecule has 0 aliphatic carbocycles. The fourth-order valence-corrected chi connectivity index (χ4v) is 2.62. The molecule has 0 bridgehead atoms. The normalized spacial score (nSPS) is 10.3. The van der Waals surface area contributed by atoms with Crippen molar-refractivity contribution in [2.45, 2.75) is 137 Å². The minimum atomic E-state index is 1.25. The molecule has 0 aliphatic rings. The van der Waals surface area contributed by atoms with Crippen LogP contribution >= 0.6 is 0 Å². The zero-order chi connectivity index (χ0) is 16.0. The first-order valence-corrected chi connectivity index (χ1v) is 10.3. The largest absolute Gasteiger partial charge is 0.0656 e. The van der Waals surface area contributed by atoms with E-state index in [1.54, 1.807) is 0 Å². The van der Waals surface area contributed by atoms with Crippen molar-refractivity contribution in [3.8, 4) is 0 Å². The lowest BCUT2D eigenvalue weighted by molar-refractivity contribution is 0.531. The molecule has 0 spiro atoms. The molecule has 0 unspecified atom stereocenters. The summed E-state index contributed by atoms with van der Waals surface area (Å²) in [5.41, 5.74) is 0. The van der Waals surface area contributed by atoms with Gasteiger partial charge in [-0.25, -0.2) is 0 Å².